The van der Waals surface area contributed by atoms with Crippen LogP contribution in [0.2, 0.25) is 0 Å². The molecule has 1 heterocycles. The molecular formula is C24H26N4O4S. The number of primary amides is 1. The first kappa shape index (κ1) is 22.7. The minimum Gasteiger partial charge on any atom is -0.366 e. The molecular weight excluding hydrogens is 440 g/mol. The number of hydrogen-bond donors (Lipinski definition) is 2. The van der Waals surface area contributed by atoms with Gasteiger partial charge in [-0.2, -0.15) is 0 Å². The van der Waals surface area contributed by atoms with Crippen molar-refractivity contribution < 1.29 is 18.0 Å². The summed E-state index contributed by atoms with van der Waals surface area (Å²) in [7, 11) is -3.82. The molecule has 1 fully saturated rings. The second kappa shape index (κ2) is 9.19. The van der Waals surface area contributed by atoms with Crippen molar-refractivity contribution in [2.45, 2.75) is 44.3 Å². The lowest BCUT2D eigenvalue weighted by Crippen LogP contribution is -2.30. The normalized spacial score (nSPS) is 15.5. The number of nitrogens with two attached hydrogens (primary N) is 1. The van der Waals surface area contributed by atoms with Crippen molar-refractivity contribution in [3.8, 4) is 0 Å². The SMILES string of the molecule is CC(=O)Nc1nc2ccc(C(=CC(N)=O)c3ccccc3)cc2n1S(=O)(=O)C1CCCCC1. The molecule has 9 heteroatoms. The molecule has 0 spiro atoms. The first-order valence-corrected chi connectivity index (χ1v) is 12.4. The van der Waals surface area contributed by atoms with Crippen LogP contribution in [0.15, 0.2) is 54.6 Å². The molecule has 3 aromatic rings. The lowest BCUT2D eigenvalue weighted by Gasteiger charge is -2.23. The number of rotatable bonds is 6. The zero-order valence-corrected chi connectivity index (χ0v) is 19.1. The van der Waals surface area contributed by atoms with Crippen LogP contribution in [0.25, 0.3) is 16.6 Å². The molecule has 2 aromatic carbocycles. The minimum absolute atomic E-state index is 0.0274. The topological polar surface area (TPSA) is 124 Å². The van der Waals surface area contributed by atoms with Gasteiger partial charge in [0.25, 0.3) is 0 Å². The maximum absolute atomic E-state index is 13.7. The molecule has 0 radical (unpaired) electrons. The molecule has 1 aromatic heterocycles. The molecule has 8 nitrogen and oxygen atoms in total. The maximum Gasteiger partial charge on any atom is 0.244 e. The average molecular weight is 467 g/mol. The van der Waals surface area contributed by atoms with Crippen LogP contribution in [-0.4, -0.2) is 34.4 Å². The van der Waals surface area contributed by atoms with Gasteiger partial charge in [-0.25, -0.2) is 17.4 Å². The molecule has 2 amide bonds. The Bertz CT molecular complexity index is 1340. The quantitative estimate of drug-likeness (QED) is 0.539. The van der Waals surface area contributed by atoms with Gasteiger partial charge >= 0.3 is 0 Å². The smallest absolute Gasteiger partial charge is 0.244 e. The summed E-state index contributed by atoms with van der Waals surface area (Å²) in [5.41, 5.74) is 8.16. The van der Waals surface area contributed by atoms with Crippen LogP contribution in [0.3, 0.4) is 0 Å². The number of anilines is 1. The van der Waals surface area contributed by atoms with Gasteiger partial charge in [-0.3, -0.25) is 14.9 Å². The number of benzene rings is 2. The third-order valence-corrected chi connectivity index (χ3v) is 8.00. The van der Waals surface area contributed by atoms with Crippen molar-refractivity contribution in [2.75, 3.05) is 5.32 Å². The van der Waals surface area contributed by atoms with E-state index in [1.165, 1.54) is 13.0 Å². The van der Waals surface area contributed by atoms with Gasteiger partial charge in [0, 0.05) is 13.0 Å². The molecule has 0 unspecified atom stereocenters. The van der Waals surface area contributed by atoms with Crippen molar-refractivity contribution in [3.63, 3.8) is 0 Å². The Morgan fingerprint density at radius 2 is 1.76 bits per heavy atom. The Labute approximate surface area is 192 Å². The fourth-order valence-electron chi connectivity index (χ4n) is 4.32. The number of fused-ring (bicyclic) bond motifs is 1. The highest BCUT2D eigenvalue weighted by molar-refractivity contribution is 7.90. The van der Waals surface area contributed by atoms with E-state index in [0.717, 1.165) is 28.8 Å². The van der Waals surface area contributed by atoms with E-state index in [0.29, 0.717) is 35.0 Å². The Morgan fingerprint density at radius 3 is 2.39 bits per heavy atom. The third-order valence-electron chi connectivity index (χ3n) is 5.81. The van der Waals surface area contributed by atoms with E-state index in [2.05, 4.69) is 10.3 Å². The van der Waals surface area contributed by atoms with Gasteiger partial charge in [0.05, 0.1) is 16.3 Å². The fourth-order valence-corrected chi connectivity index (χ4v) is 6.30. The van der Waals surface area contributed by atoms with E-state index in [9.17, 15) is 18.0 Å². The highest BCUT2D eigenvalue weighted by atomic mass is 32.2. The molecule has 3 N–H and O–H groups in total. The summed E-state index contributed by atoms with van der Waals surface area (Å²) in [6.45, 7) is 1.31. The predicted octanol–water partition coefficient (Wildman–Crippen LogP) is 3.42. The maximum atomic E-state index is 13.7. The molecule has 0 aliphatic heterocycles. The first-order chi connectivity index (χ1) is 15.8. The molecule has 4 rings (SSSR count). The van der Waals surface area contributed by atoms with Gasteiger partial charge in [-0.05, 0) is 41.7 Å². The van der Waals surface area contributed by atoms with E-state index in [1.54, 1.807) is 18.2 Å². The van der Waals surface area contributed by atoms with Crippen LogP contribution in [0.5, 0.6) is 0 Å². The number of nitrogens with zero attached hydrogens (tertiary/aromatic N) is 2. The van der Waals surface area contributed by atoms with Gasteiger partial charge < -0.3 is 5.73 Å². The van der Waals surface area contributed by atoms with Gasteiger partial charge in [-0.15, -0.1) is 0 Å². The van der Waals surface area contributed by atoms with E-state index in [-0.39, 0.29) is 5.95 Å². The molecule has 0 saturated heterocycles. The fraction of sp³-hybridized carbons (Fsp3) is 0.292. The third kappa shape index (κ3) is 4.68. The van der Waals surface area contributed by atoms with Crippen LogP contribution in [-0.2, 0) is 19.6 Å². The van der Waals surface area contributed by atoms with Crippen molar-refractivity contribution in [1.29, 1.82) is 0 Å². The number of aromatic nitrogens is 2. The highest BCUT2D eigenvalue weighted by Gasteiger charge is 2.33. The predicted molar refractivity (Wildman–Crippen MR) is 128 cm³/mol. The number of hydrogen-bond acceptors (Lipinski definition) is 5. The molecule has 0 bridgehead atoms. The van der Waals surface area contributed by atoms with Crippen molar-refractivity contribution in [1.82, 2.24) is 8.96 Å². The van der Waals surface area contributed by atoms with Gasteiger partial charge in [0.15, 0.2) is 0 Å². The zero-order valence-electron chi connectivity index (χ0n) is 18.3. The van der Waals surface area contributed by atoms with Crippen molar-refractivity contribution >= 4 is 44.4 Å². The van der Waals surface area contributed by atoms with Crippen LogP contribution in [0.1, 0.15) is 50.2 Å². The lowest BCUT2D eigenvalue weighted by atomic mass is 9.97. The van der Waals surface area contributed by atoms with Crippen LogP contribution in [0.4, 0.5) is 5.95 Å². The molecule has 1 aliphatic rings. The summed E-state index contributed by atoms with van der Waals surface area (Å²) in [6, 6.07) is 14.4. The van der Waals surface area contributed by atoms with Gasteiger partial charge in [0.1, 0.15) is 0 Å². The molecule has 33 heavy (non-hydrogen) atoms. The van der Waals surface area contributed by atoms with Crippen LogP contribution < -0.4 is 11.1 Å². The van der Waals surface area contributed by atoms with E-state index >= 15 is 0 Å². The number of nitrogens with one attached hydrogen (secondary N) is 1. The van der Waals surface area contributed by atoms with Gasteiger partial charge in [0.2, 0.25) is 27.8 Å². The molecule has 0 atom stereocenters. The standard InChI is InChI=1S/C24H26N4O4S/c1-16(29)26-24-27-21-13-12-18(20(15-23(25)30)17-8-4-2-5-9-17)14-22(21)28(24)33(31,32)19-10-6-3-7-11-19/h2,4-5,8-9,12-15,19H,3,6-7,10-11H2,1H3,(H2,25,30)(H,26,27,29). The van der Waals surface area contributed by atoms with Gasteiger partial charge in [-0.1, -0.05) is 55.7 Å². The summed E-state index contributed by atoms with van der Waals surface area (Å²) < 4.78 is 28.5. The Morgan fingerprint density at radius 1 is 1.06 bits per heavy atom. The Balaban J connectivity index is 1.93. The van der Waals surface area contributed by atoms with Crippen LogP contribution >= 0.6 is 0 Å². The van der Waals surface area contributed by atoms with E-state index in [1.807, 2.05) is 30.3 Å². The minimum atomic E-state index is -3.82. The van der Waals surface area contributed by atoms with Crippen molar-refractivity contribution in [3.05, 3.63) is 65.7 Å². The highest BCUT2D eigenvalue weighted by Crippen LogP contribution is 2.33. The number of carbonyl (C=O) groups excluding carboxylic acids is 2. The number of imidazole rings is 1. The number of carbonyl (C=O) groups is 2. The summed E-state index contributed by atoms with van der Waals surface area (Å²) in [6.07, 6.45) is 5.16. The molecule has 1 aliphatic carbocycles. The van der Waals surface area contributed by atoms with Crippen LogP contribution in [0, 0.1) is 0 Å². The zero-order chi connectivity index (χ0) is 23.6. The van der Waals surface area contributed by atoms with Crippen molar-refractivity contribution in [2.24, 2.45) is 5.73 Å². The second-order valence-electron chi connectivity index (χ2n) is 8.22. The van der Waals surface area contributed by atoms with E-state index in [4.69, 9.17) is 5.73 Å². The first-order valence-electron chi connectivity index (χ1n) is 10.9. The Kier molecular flexibility index (Phi) is 6.33. The summed E-state index contributed by atoms with van der Waals surface area (Å²) >= 11 is 0. The summed E-state index contributed by atoms with van der Waals surface area (Å²) in [4.78, 5) is 28.0. The largest absolute Gasteiger partial charge is 0.366 e. The summed E-state index contributed by atoms with van der Waals surface area (Å²) in [5, 5.41) is 2.02. The Hall–Kier alpha value is -3.46. The lowest BCUT2D eigenvalue weighted by molar-refractivity contribution is -0.114. The molecule has 1 saturated carbocycles. The number of amides is 2. The van der Waals surface area contributed by atoms with E-state index < -0.39 is 27.1 Å². The average Bonchev–Trinajstić information content (AvgIpc) is 3.15. The molecule has 172 valence electrons. The monoisotopic (exact) mass is 466 g/mol. The summed E-state index contributed by atoms with van der Waals surface area (Å²) in [5.74, 6) is -1.05. The second-order valence-corrected chi connectivity index (χ2v) is 10.3.